The average molecular weight is 326 g/mol. The summed E-state index contributed by atoms with van der Waals surface area (Å²) in [6.45, 7) is 11.0. The topological polar surface area (TPSA) is 75.3 Å². The third-order valence-electron chi connectivity index (χ3n) is 3.19. The van der Waals surface area contributed by atoms with Crippen LogP contribution in [0.15, 0.2) is 23.1 Å². The molecule has 0 aliphatic rings. The van der Waals surface area contributed by atoms with Gasteiger partial charge in [-0.1, -0.05) is 13.0 Å². The lowest BCUT2D eigenvalue weighted by molar-refractivity contribution is 0.0938. The zero-order valence-electron chi connectivity index (χ0n) is 14.1. The first-order chi connectivity index (χ1) is 9.96. The normalized spacial score (nSPS) is 13.7. The van der Waals surface area contributed by atoms with Crippen LogP contribution in [-0.2, 0) is 10.0 Å². The van der Waals surface area contributed by atoms with Crippen LogP contribution in [0, 0.1) is 6.92 Å². The zero-order valence-corrected chi connectivity index (χ0v) is 15.0. The van der Waals surface area contributed by atoms with Gasteiger partial charge in [0.05, 0.1) is 4.90 Å². The molecule has 0 spiro atoms. The molecule has 0 aromatic heterocycles. The molecule has 0 aliphatic carbocycles. The van der Waals surface area contributed by atoms with Gasteiger partial charge in [0.15, 0.2) is 0 Å². The fourth-order valence-electron chi connectivity index (χ4n) is 1.88. The summed E-state index contributed by atoms with van der Waals surface area (Å²) in [6.07, 6.45) is 0.814. The number of carbonyl (C=O) groups is 1. The number of sulfonamides is 1. The van der Waals surface area contributed by atoms with Gasteiger partial charge in [-0.2, -0.15) is 0 Å². The number of rotatable bonds is 5. The van der Waals surface area contributed by atoms with Crippen LogP contribution in [0.4, 0.5) is 0 Å². The largest absolute Gasteiger partial charge is 0.350 e. The monoisotopic (exact) mass is 326 g/mol. The Balaban J connectivity index is 3.17. The van der Waals surface area contributed by atoms with Crippen LogP contribution in [0.25, 0.3) is 0 Å². The van der Waals surface area contributed by atoms with Crippen LogP contribution >= 0.6 is 0 Å². The quantitative estimate of drug-likeness (QED) is 0.873. The van der Waals surface area contributed by atoms with E-state index in [-0.39, 0.29) is 16.8 Å². The number of carbonyl (C=O) groups excluding carboxylic acids is 1. The predicted molar refractivity (Wildman–Crippen MR) is 88.5 cm³/mol. The molecule has 1 aromatic rings. The Morgan fingerprint density at radius 3 is 2.36 bits per heavy atom. The SMILES string of the molecule is CCC(C)NC(=O)c1cc(S(=O)(=O)NC(C)(C)C)ccc1C. The van der Waals surface area contributed by atoms with E-state index in [2.05, 4.69) is 10.0 Å². The van der Waals surface area contributed by atoms with E-state index in [4.69, 9.17) is 0 Å². The first kappa shape index (κ1) is 18.6. The van der Waals surface area contributed by atoms with Crippen molar-refractivity contribution < 1.29 is 13.2 Å². The molecule has 0 aliphatic heterocycles. The van der Waals surface area contributed by atoms with E-state index < -0.39 is 15.6 Å². The van der Waals surface area contributed by atoms with Crippen LogP contribution in [-0.4, -0.2) is 25.9 Å². The number of hydrogen-bond acceptors (Lipinski definition) is 3. The van der Waals surface area contributed by atoms with Gasteiger partial charge in [-0.25, -0.2) is 13.1 Å². The van der Waals surface area contributed by atoms with E-state index in [9.17, 15) is 13.2 Å². The lowest BCUT2D eigenvalue weighted by Gasteiger charge is -2.21. The maximum absolute atomic E-state index is 12.4. The summed E-state index contributed by atoms with van der Waals surface area (Å²) in [7, 11) is -3.65. The summed E-state index contributed by atoms with van der Waals surface area (Å²) in [6, 6.07) is 4.65. The highest BCUT2D eigenvalue weighted by molar-refractivity contribution is 7.89. The van der Waals surface area contributed by atoms with E-state index in [0.717, 1.165) is 12.0 Å². The van der Waals surface area contributed by atoms with E-state index in [0.29, 0.717) is 5.56 Å². The van der Waals surface area contributed by atoms with Gasteiger partial charge >= 0.3 is 0 Å². The second kappa shape index (κ2) is 6.79. The molecule has 2 N–H and O–H groups in total. The zero-order chi connectivity index (χ0) is 17.1. The maximum Gasteiger partial charge on any atom is 0.251 e. The molecule has 0 bridgehead atoms. The minimum Gasteiger partial charge on any atom is -0.350 e. The summed E-state index contributed by atoms with van der Waals surface area (Å²) in [5, 5.41) is 2.86. The highest BCUT2D eigenvalue weighted by Gasteiger charge is 2.23. The molecule has 0 radical (unpaired) electrons. The van der Waals surface area contributed by atoms with Crippen molar-refractivity contribution in [2.24, 2.45) is 0 Å². The van der Waals surface area contributed by atoms with Crippen LogP contribution in [0.1, 0.15) is 57.0 Å². The molecule has 0 heterocycles. The minimum absolute atomic E-state index is 0.0415. The Morgan fingerprint density at radius 1 is 1.27 bits per heavy atom. The van der Waals surface area contributed by atoms with Gasteiger partial charge in [0.25, 0.3) is 5.91 Å². The van der Waals surface area contributed by atoms with Crippen molar-refractivity contribution in [3.8, 4) is 0 Å². The Bertz CT molecular complexity index is 646. The van der Waals surface area contributed by atoms with Gasteiger partial charge in [0.1, 0.15) is 0 Å². The van der Waals surface area contributed by atoms with Gasteiger partial charge in [-0.3, -0.25) is 4.79 Å². The number of benzene rings is 1. The van der Waals surface area contributed by atoms with Crippen LogP contribution in [0.3, 0.4) is 0 Å². The fraction of sp³-hybridized carbons (Fsp3) is 0.562. The summed E-state index contributed by atoms with van der Waals surface area (Å²) in [4.78, 5) is 12.4. The van der Waals surface area contributed by atoms with Crippen molar-refractivity contribution in [3.63, 3.8) is 0 Å². The predicted octanol–water partition coefficient (Wildman–Crippen LogP) is 2.60. The Labute approximate surface area is 133 Å². The molecule has 1 atom stereocenters. The molecule has 124 valence electrons. The summed E-state index contributed by atoms with van der Waals surface area (Å²) in [5.74, 6) is -0.250. The van der Waals surface area contributed by atoms with Crippen LogP contribution < -0.4 is 10.0 Å². The summed E-state index contributed by atoms with van der Waals surface area (Å²) >= 11 is 0. The van der Waals surface area contributed by atoms with Gasteiger partial charge in [-0.05, 0) is 58.7 Å². The molecule has 22 heavy (non-hydrogen) atoms. The number of amides is 1. The Morgan fingerprint density at radius 2 is 1.86 bits per heavy atom. The molecular formula is C16H26N2O3S. The molecule has 5 nitrogen and oxygen atoms in total. The smallest absolute Gasteiger partial charge is 0.251 e. The van der Waals surface area contributed by atoms with Crippen molar-refractivity contribution in [1.29, 1.82) is 0 Å². The second-order valence-corrected chi connectivity index (χ2v) is 8.30. The molecular weight excluding hydrogens is 300 g/mol. The molecule has 0 saturated carbocycles. The van der Waals surface area contributed by atoms with Crippen molar-refractivity contribution in [2.45, 2.75) is 64.4 Å². The first-order valence-corrected chi connectivity index (χ1v) is 8.90. The summed E-state index contributed by atoms with van der Waals surface area (Å²) < 4.78 is 27.3. The standard InChI is InChI=1S/C16H26N2O3S/c1-7-12(3)17-15(19)14-10-13(9-8-11(14)2)22(20,21)18-16(4,5)6/h8-10,12,18H,7H2,1-6H3,(H,17,19). The molecule has 1 amide bonds. The van der Waals surface area contributed by atoms with E-state index >= 15 is 0 Å². The minimum atomic E-state index is -3.65. The van der Waals surface area contributed by atoms with E-state index in [1.165, 1.54) is 12.1 Å². The van der Waals surface area contributed by atoms with Crippen LogP contribution in [0.2, 0.25) is 0 Å². The van der Waals surface area contributed by atoms with Crippen molar-refractivity contribution >= 4 is 15.9 Å². The van der Waals surface area contributed by atoms with Gasteiger partial charge in [0.2, 0.25) is 10.0 Å². The number of hydrogen-bond donors (Lipinski definition) is 2. The van der Waals surface area contributed by atoms with E-state index in [1.54, 1.807) is 33.8 Å². The molecule has 6 heteroatoms. The van der Waals surface area contributed by atoms with Crippen molar-refractivity contribution in [3.05, 3.63) is 29.3 Å². The lowest BCUT2D eigenvalue weighted by atomic mass is 10.1. The lowest BCUT2D eigenvalue weighted by Crippen LogP contribution is -2.40. The molecule has 0 fully saturated rings. The van der Waals surface area contributed by atoms with E-state index in [1.807, 2.05) is 13.8 Å². The molecule has 1 rings (SSSR count). The first-order valence-electron chi connectivity index (χ1n) is 7.42. The number of aryl methyl sites for hydroxylation is 1. The van der Waals surface area contributed by atoms with Crippen molar-refractivity contribution in [1.82, 2.24) is 10.0 Å². The molecule has 1 unspecified atom stereocenters. The molecule has 0 saturated heterocycles. The summed E-state index contributed by atoms with van der Waals surface area (Å²) in [5.41, 5.74) is 0.552. The second-order valence-electron chi connectivity index (χ2n) is 6.61. The maximum atomic E-state index is 12.4. The Kier molecular flexibility index (Phi) is 5.76. The highest BCUT2D eigenvalue weighted by atomic mass is 32.2. The third-order valence-corrected chi connectivity index (χ3v) is 4.95. The van der Waals surface area contributed by atoms with Crippen molar-refractivity contribution in [2.75, 3.05) is 0 Å². The number of nitrogens with one attached hydrogen (secondary N) is 2. The fourth-order valence-corrected chi connectivity index (χ4v) is 3.32. The van der Waals surface area contributed by atoms with Gasteiger partial charge in [0, 0.05) is 17.1 Å². The molecule has 1 aromatic carbocycles. The Hall–Kier alpha value is -1.40. The third kappa shape index (κ3) is 5.10. The highest BCUT2D eigenvalue weighted by Crippen LogP contribution is 2.18. The van der Waals surface area contributed by atoms with Crippen LogP contribution in [0.5, 0.6) is 0 Å². The van der Waals surface area contributed by atoms with Gasteiger partial charge in [-0.15, -0.1) is 0 Å². The average Bonchev–Trinajstić information content (AvgIpc) is 2.35. The van der Waals surface area contributed by atoms with Gasteiger partial charge < -0.3 is 5.32 Å².